The minimum Gasteiger partial charge on any atom is -0.460 e. The molecule has 0 saturated heterocycles. The first-order chi connectivity index (χ1) is 6.02. The summed E-state index contributed by atoms with van der Waals surface area (Å²) in [5.74, 6) is -0.0953. The predicted molar refractivity (Wildman–Crippen MR) is 53.6 cm³/mol. The molecule has 0 amide bonds. The largest absolute Gasteiger partial charge is 0.460 e. The first kappa shape index (κ1) is 12.4. The highest BCUT2D eigenvalue weighted by Crippen LogP contribution is 2.14. The van der Waals surface area contributed by atoms with Gasteiger partial charge in [-0.3, -0.25) is 4.79 Å². The average molecular weight is 187 g/mol. The lowest BCUT2D eigenvalue weighted by Crippen LogP contribution is -2.27. The third-order valence-corrected chi connectivity index (χ3v) is 2.05. The smallest absolute Gasteiger partial charge is 0.306 e. The Morgan fingerprint density at radius 3 is 2.54 bits per heavy atom. The maximum atomic E-state index is 11.2. The van der Waals surface area contributed by atoms with Crippen molar-refractivity contribution in [2.75, 3.05) is 13.6 Å². The summed E-state index contributed by atoms with van der Waals surface area (Å²) in [6, 6.07) is 0. The van der Waals surface area contributed by atoms with Crippen molar-refractivity contribution >= 4 is 5.97 Å². The molecule has 0 saturated carbocycles. The molecule has 0 aromatic carbocycles. The van der Waals surface area contributed by atoms with Crippen molar-refractivity contribution in [3.8, 4) is 0 Å². The molecule has 78 valence electrons. The number of hydrogen-bond donors (Lipinski definition) is 1. The van der Waals surface area contributed by atoms with Gasteiger partial charge in [-0.05, 0) is 40.3 Å². The van der Waals surface area contributed by atoms with Crippen molar-refractivity contribution in [2.45, 2.75) is 45.6 Å². The zero-order chi connectivity index (χ0) is 10.3. The van der Waals surface area contributed by atoms with Crippen LogP contribution in [0.1, 0.15) is 40.0 Å². The normalized spacial score (nSPS) is 11.4. The van der Waals surface area contributed by atoms with E-state index in [1.165, 1.54) is 0 Å². The third-order valence-electron chi connectivity index (χ3n) is 2.05. The molecule has 0 fully saturated rings. The van der Waals surface area contributed by atoms with Gasteiger partial charge in [0.1, 0.15) is 5.60 Å². The van der Waals surface area contributed by atoms with Crippen molar-refractivity contribution in [2.24, 2.45) is 0 Å². The van der Waals surface area contributed by atoms with Gasteiger partial charge in [-0.25, -0.2) is 0 Å². The van der Waals surface area contributed by atoms with Gasteiger partial charge in [0.25, 0.3) is 0 Å². The van der Waals surface area contributed by atoms with Crippen molar-refractivity contribution in [1.29, 1.82) is 0 Å². The van der Waals surface area contributed by atoms with Gasteiger partial charge in [-0.15, -0.1) is 0 Å². The number of carbonyl (C=O) groups is 1. The van der Waals surface area contributed by atoms with Crippen LogP contribution in [0.25, 0.3) is 0 Å². The number of nitrogens with one attached hydrogen (secondary N) is 1. The van der Waals surface area contributed by atoms with Gasteiger partial charge in [0.2, 0.25) is 0 Å². The monoisotopic (exact) mass is 187 g/mol. The van der Waals surface area contributed by atoms with E-state index in [0.29, 0.717) is 6.42 Å². The van der Waals surface area contributed by atoms with Crippen LogP contribution in [-0.2, 0) is 9.53 Å². The van der Waals surface area contributed by atoms with Crippen LogP contribution < -0.4 is 5.32 Å². The Kier molecular flexibility index (Phi) is 5.71. The third kappa shape index (κ3) is 6.58. The highest BCUT2D eigenvalue weighted by Gasteiger charge is 2.19. The molecule has 0 aliphatic carbocycles. The highest BCUT2D eigenvalue weighted by atomic mass is 16.6. The summed E-state index contributed by atoms with van der Waals surface area (Å²) in [5.41, 5.74) is -0.309. The lowest BCUT2D eigenvalue weighted by Gasteiger charge is -2.23. The molecular formula is C10H21NO2. The quantitative estimate of drug-likeness (QED) is 0.508. The molecule has 0 atom stereocenters. The van der Waals surface area contributed by atoms with Crippen LogP contribution in [0.5, 0.6) is 0 Å². The summed E-state index contributed by atoms with van der Waals surface area (Å²) in [4.78, 5) is 11.2. The molecule has 0 heterocycles. The zero-order valence-electron chi connectivity index (χ0n) is 9.14. The van der Waals surface area contributed by atoms with Crippen LogP contribution in [0, 0.1) is 0 Å². The summed E-state index contributed by atoms with van der Waals surface area (Å²) in [5, 5.41) is 2.99. The summed E-state index contributed by atoms with van der Waals surface area (Å²) in [6.07, 6.45) is 2.20. The summed E-state index contributed by atoms with van der Waals surface area (Å²) < 4.78 is 5.27. The van der Waals surface area contributed by atoms with Crippen LogP contribution in [0.15, 0.2) is 0 Å². The van der Waals surface area contributed by atoms with Crippen LogP contribution in [-0.4, -0.2) is 25.2 Å². The van der Waals surface area contributed by atoms with Crippen molar-refractivity contribution in [1.82, 2.24) is 5.32 Å². The fraction of sp³-hybridized carbons (Fsp3) is 0.900. The molecule has 0 aliphatic heterocycles. The SMILES string of the molecule is CCC(C)(C)OC(=O)CCCNC. The number of rotatable bonds is 6. The number of carbonyl (C=O) groups excluding carboxylic acids is 1. The number of esters is 1. The first-order valence-electron chi connectivity index (χ1n) is 4.88. The van der Waals surface area contributed by atoms with Gasteiger partial charge in [-0.1, -0.05) is 6.92 Å². The summed E-state index contributed by atoms with van der Waals surface area (Å²) in [7, 11) is 1.88. The Morgan fingerprint density at radius 1 is 1.46 bits per heavy atom. The molecule has 0 rings (SSSR count). The van der Waals surface area contributed by atoms with Crippen LogP contribution >= 0.6 is 0 Å². The van der Waals surface area contributed by atoms with E-state index in [-0.39, 0.29) is 11.6 Å². The van der Waals surface area contributed by atoms with E-state index in [9.17, 15) is 4.79 Å². The van der Waals surface area contributed by atoms with Gasteiger partial charge in [0, 0.05) is 6.42 Å². The van der Waals surface area contributed by atoms with E-state index in [4.69, 9.17) is 4.74 Å². The number of hydrogen-bond acceptors (Lipinski definition) is 3. The van der Waals surface area contributed by atoms with E-state index in [2.05, 4.69) is 5.32 Å². The van der Waals surface area contributed by atoms with Crippen molar-refractivity contribution in [3.05, 3.63) is 0 Å². The van der Waals surface area contributed by atoms with E-state index in [0.717, 1.165) is 19.4 Å². The van der Waals surface area contributed by atoms with E-state index in [1.807, 2.05) is 27.8 Å². The van der Waals surface area contributed by atoms with Gasteiger partial charge in [0.05, 0.1) is 0 Å². The molecule has 0 aromatic rings. The van der Waals surface area contributed by atoms with Gasteiger partial charge >= 0.3 is 5.97 Å². The summed E-state index contributed by atoms with van der Waals surface area (Å²) >= 11 is 0. The Hall–Kier alpha value is -0.570. The maximum absolute atomic E-state index is 11.2. The topological polar surface area (TPSA) is 38.3 Å². The van der Waals surface area contributed by atoms with Crippen LogP contribution in [0.3, 0.4) is 0 Å². The second-order valence-electron chi connectivity index (χ2n) is 3.79. The first-order valence-corrected chi connectivity index (χ1v) is 4.88. The molecule has 3 nitrogen and oxygen atoms in total. The van der Waals surface area contributed by atoms with E-state index < -0.39 is 0 Å². The van der Waals surface area contributed by atoms with Gasteiger partial charge in [0.15, 0.2) is 0 Å². The van der Waals surface area contributed by atoms with Crippen molar-refractivity contribution in [3.63, 3.8) is 0 Å². The molecule has 0 aromatic heterocycles. The Morgan fingerprint density at radius 2 is 2.08 bits per heavy atom. The molecule has 13 heavy (non-hydrogen) atoms. The molecule has 3 heteroatoms. The second kappa shape index (κ2) is 5.97. The van der Waals surface area contributed by atoms with Crippen LogP contribution in [0.4, 0.5) is 0 Å². The van der Waals surface area contributed by atoms with E-state index >= 15 is 0 Å². The Labute approximate surface area is 80.8 Å². The zero-order valence-corrected chi connectivity index (χ0v) is 9.14. The molecule has 0 aliphatic rings. The van der Waals surface area contributed by atoms with Gasteiger partial charge < -0.3 is 10.1 Å². The molecule has 0 spiro atoms. The fourth-order valence-electron chi connectivity index (χ4n) is 0.841. The minimum absolute atomic E-state index is 0.0953. The number of ether oxygens (including phenoxy) is 1. The minimum atomic E-state index is -0.309. The molecule has 0 unspecified atom stereocenters. The lowest BCUT2D eigenvalue weighted by molar-refractivity contribution is -0.156. The highest BCUT2D eigenvalue weighted by molar-refractivity contribution is 5.69. The molecule has 0 radical (unpaired) electrons. The standard InChI is InChI=1S/C10H21NO2/c1-5-10(2,3)13-9(12)7-6-8-11-4/h11H,5-8H2,1-4H3. The van der Waals surface area contributed by atoms with Crippen molar-refractivity contribution < 1.29 is 9.53 Å². The Balaban J connectivity index is 3.62. The predicted octanol–water partition coefficient (Wildman–Crippen LogP) is 1.72. The Bertz CT molecular complexity index is 155. The van der Waals surface area contributed by atoms with Crippen LogP contribution in [0.2, 0.25) is 0 Å². The maximum Gasteiger partial charge on any atom is 0.306 e. The lowest BCUT2D eigenvalue weighted by atomic mass is 10.1. The fourth-order valence-corrected chi connectivity index (χ4v) is 0.841. The molecular weight excluding hydrogens is 166 g/mol. The average Bonchev–Trinajstić information content (AvgIpc) is 2.04. The molecule has 1 N–H and O–H groups in total. The van der Waals surface area contributed by atoms with E-state index in [1.54, 1.807) is 0 Å². The summed E-state index contributed by atoms with van der Waals surface area (Å²) in [6.45, 7) is 6.74. The second-order valence-corrected chi connectivity index (χ2v) is 3.79. The van der Waals surface area contributed by atoms with Gasteiger partial charge in [-0.2, -0.15) is 0 Å². The molecule has 0 bridgehead atoms.